The fraction of sp³-hybridized carbons (Fsp3) is 0.923. The van der Waals surface area contributed by atoms with Gasteiger partial charge in [0.2, 0.25) is 5.91 Å². The number of carbonyl (C=O) groups is 1. The summed E-state index contributed by atoms with van der Waals surface area (Å²) in [6.07, 6.45) is 7.38. The second-order valence-electron chi connectivity index (χ2n) is 5.27. The lowest BCUT2D eigenvalue weighted by atomic mass is 9.97. The van der Waals surface area contributed by atoms with E-state index in [1.165, 1.54) is 25.7 Å². The predicted molar refractivity (Wildman–Crippen MR) is 72.5 cm³/mol. The summed E-state index contributed by atoms with van der Waals surface area (Å²) in [5.41, 5.74) is 0. The Kier molecular flexibility index (Phi) is 6.28. The van der Waals surface area contributed by atoms with Crippen LogP contribution in [0.15, 0.2) is 0 Å². The van der Waals surface area contributed by atoms with Crippen molar-refractivity contribution in [3.63, 3.8) is 0 Å². The molecule has 1 atom stereocenters. The first kappa shape index (κ1) is 14.8. The van der Waals surface area contributed by atoms with Crippen molar-refractivity contribution < 1.29 is 4.79 Å². The molecule has 0 spiro atoms. The highest BCUT2D eigenvalue weighted by atomic mass is 35.5. The highest BCUT2D eigenvalue weighted by Crippen LogP contribution is 2.25. The molecule has 1 aliphatic heterocycles. The molecular formula is C13H25ClN2O. The molecule has 3 nitrogen and oxygen atoms in total. The van der Waals surface area contributed by atoms with Gasteiger partial charge >= 0.3 is 0 Å². The Hall–Kier alpha value is -0.280. The van der Waals surface area contributed by atoms with Crippen LogP contribution in [0.3, 0.4) is 0 Å². The third-order valence-corrected chi connectivity index (χ3v) is 3.99. The molecule has 0 aromatic rings. The monoisotopic (exact) mass is 260 g/mol. The number of rotatable bonds is 1. The van der Waals surface area contributed by atoms with Crippen LogP contribution >= 0.6 is 12.4 Å². The highest BCUT2D eigenvalue weighted by molar-refractivity contribution is 5.85. The van der Waals surface area contributed by atoms with Gasteiger partial charge in [0.15, 0.2) is 0 Å². The maximum Gasteiger partial charge on any atom is 0.226 e. The molecule has 2 aliphatic rings. The fourth-order valence-corrected chi connectivity index (χ4v) is 2.93. The van der Waals surface area contributed by atoms with E-state index in [9.17, 15) is 4.79 Å². The number of nitrogens with one attached hydrogen (secondary N) is 1. The molecule has 17 heavy (non-hydrogen) atoms. The maximum atomic E-state index is 12.4. The topological polar surface area (TPSA) is 32.3 Å². The second kappa shape index (κ2) is 7.22. The van der Waals surface area contributed by atoms with Crippen molar-refractivity contribution in [3.05, 3.63) is 0 Å². The van der Waals surface area contributed by atoms with Crippen LogP contribution in [0.2, 0.25) is 0 Å². The molecule has 0 aromatic heterocycles. The van der Waals surface area contributed by atoms with Crippen LogP contribution in [0.4, 0.5) is 0 Å². The van der Waals surface area contributed by atoms with Crippen LogP contribution in [0.25, 0.3) is 0 Å². The lowest BCUT2D eigenvalue weighted by molar-refractivity contribution is -0.138. The normalized spacial score (nSPS) is 27.1. The summed E-state index contributed by atoms with van der Waals surface area (Å²) in [7, 11) is 0. The Labute approximate surface area is 111 Å². The van der Waals surface area contributed by atoms with Gasteiger partial charge in [-0.2, -0.15) is 0 Å². The van der Waals surface area contributed by atoms with E-state index < -0.39 is 0 Å². The predicted octanol–water partition coefficient (Wildman–Crippen LogP) is 2.20. The van der Waals surface area contributed by atoms with Crippen LogP contribution in [-0.2, 0) is 4.79 Å². The number of hydrogen-bond donors (Lipinski definition) is 1. The zero-order valence-electron chi connectivity index (χ0n) is 10.8. The van der Waals surface area contributed by atoms with E-state index in [-0.39, 0.29) is 12.4 Å². The van der Waals surface area contributed by atoms with E-state index in [0.717, 1.165) is 32.5 Å². The van der Waals surface area contributed by atoms with E-state index in [0.29, 0.717) is 17.9 Å². The van der Waals surface area contributed by atoms with Gasteiger partial charge in [0.05, 0.1) is 0 Å². The quantitative estimate of drug-likeness (QED) is 0.733. The number of hydrogen-bond acceptors (Lipinski definition) is 2. The Bertz CT molecular complexity index is 240. The van der Waals surface area contributed by atoms with Gasteiger partial charge in [-0.05, 0) is 19.8 Å². The lowest BCUT2D eigenvalue weighted by Gasteiger charge is -2.36. The van der Waals surface area contributed by atoms with Crippen molar-refractivity contribution in [2.24, 2.45) is 5.92 Å². The molecule has 2 rings (SSSR count). The van der Waals surface area contributed by atoms with Crippen molar-refractivity contribution in [3.8, 4) is 0 Å². The van der Waals surface area contributed by atoms with E-state index >= 15 is 0 Å². The zero-order chi connectivity index (χ0) is 11.4. The van der Waals surface area contributed by atoms with Gasteiger partial charge in [0.25, 0.3) is 0 Å². The van der Waals surface area contributed by atoms with E-state index in [1.54, 1.807) is 0 Å². The minimum atomic E-state index is 0. The first-order chi connectivity index (χ1) is 7.79. The Morgan fingerprint density at radius 3 is 2.41 bits per heavy atom. The van der Waals surface area contributed by atoms with Crippen LogP contribution < -0.4 is 5.32 Å². The average molecular weight is 261 g/mol. The molecule has 0 aromatic carbocycles. The molecule has 1 amide bonds. The van der Waals surface area contributed by atoms with Crippen LogP contribution in [0, 0.1) is 5.92 Å². The maximum absolute atomic E-state index is 12.4. The van der Waals surface area contributed by atoms with Gasteiger partial charge in [-0.25, -0.2) is 0 Å². The number of piperazine rings is 1. The fourth-order valence-electron chi connectivity index (χ4n) is 2.93. The summed E-state index contributed by atoms with van der Waals surface area (Å²) in [6, 6.07) is 0.379. The first-order valence-corrected chi connectivity index (χ1v) is 6.80. The van der Waals surface area contributed by atoms with Crippen LogP contribution in [0.1, 0.15) is 45.4 Å². The Morgan fingerprint density at radius 1 is 1.18 bits per heavy atom. The molecule has 0 bridgehead atoms. The summed E-state index contributed by atoms with van der Waals surface area (Å²) < 4.78 is 0. The molecule has 1 N–H and O–H groups in total. The van der Waals surface area contributed by atoms with Gasteiger partial charge in [0.1, 0.15) is 0 Å². The molecule has 1 saturated heterocycles. The molecule has 0 radical (unpaired) electrons. The third kappa shape index (κ3) is 3.85. The zero-order valence-corrected chi connectivity index (χ0v) is 11.6. The number of amides is 1. The standard InChI is InChI=1S/C13H24N2O.ClH/c1-11-10-14-8-9-15(11)13(16)12-6-4-2-3-5-7-12;/h11-12,14H,2-10H2,1H3;1H/t11-;/m0./s1. The summed E-state index contributed by atoms with van der Waals surface area (Å²) in [6.45, 7) is 4.97. The number of nitrogens with zero attached hydrogens (tertiary/aromatic N) is 1. The third-order valence-electron chi connectivity index (χ3n) is 3.99. The minimum Gasteiger partial charge on any atom is -0.337 e. The molecule has 1 heterocycles. The van der Waals surface area contributed by atoms with Crippen molar-refractivity contribution in [2.45, 2.75) is 51.5 Å². The molecule has 0 unspecified atom stereocenters. The first-order valence-electron chi connectivity index (χ1n) is 6.80. The number of carbonyl (C=O) groups excluding carboxylic acids is 1. The Balaban J connectivity index is 0.00000144. The van der Waals surface area contributed by atoms with Crippen molar-refractivity contribution in [1.82, 2.24) is 10.2 Å². The molecule has 1 saturated carbocycles. The van der Waals surface area contributed by atoms with Gasteiger partial charge < -0.3 is 10.2 Å². The summed E-state index contributed by atoms with van der Waals surface area (Å²) in [4.78, 5) is 14.5. The molecule has 100 valence electrons. The molecule has 4 heteroatoms. The molecule has 2 fully saturated rings. The van der Waals surface area contributed by atoms with Crippen molar-refractivity contribution in [1.29, 1.82) is 0 Å². The van der Waals surface area contributed by atoms with E-state index in [1.807, 2.05) is 0 Å². The van der Waals surface area contributed by atoms with Crippen LogP contribution in [0.5, 0.6) is 0 Å². The highest BCUT2D eigenvalue weighted by Gasteiger charge is 2.29. The van der Waals surface area contributed by atoms with Crippen molar-refractivity contribution >= 4 is 18.3 Å². The average Bonchev–Trinajstić information content (AvgIpc) is 2.57. The summed E-state index contributed by atoms with van der Waals surface area (Å²) >= 11 is 0. The summed E-state index contributed by atoms with van der Waals surface area (Å²) in [5.74, 6) is 0.749. The van der Waals surface area contributed by atoms with Crippen molar-refractivity contribution in [2.75, 3.05) is 19.6 Å². The van der Waals surface area contributed by atoms with Gasteiger partial charge in [-0.15, -0.1) is 12.4 Å². The SMILES string of the molecule is C[C@H]1CNCCN1C(=O)C1CCCCCC1.Cl. The van der Waals surface area contributed by atoms with E-state index in [2.05, 4.69) is 17.1 Å². The molecule has 1 aliphatic carbocycles. The second-order valence-corrected chi connectivity index (χ2v) is 5.27. The lowest BCUT2D eigenvalue weighted by Crippen LogP contribution is -2.53. The largest absolute Gasteiger partial charge is 0.337 e. The van der Waals surface area contributed by atoms with E-state index in [4.69, 9.17) is 0 Å². The Morgan fingerprint density at radius 2 is 1.82 bits per heavy atom. The smallest absolute Gasteiger partial charge is 0.226 e. The van der Waals surface area contributed by atoms with Gasteiger partial charge in [-0.3, -0.25) is 4.79 Å². The minimum absolute atomic E-state index is 0. The number of halogens is 1. The van der Waals surface area contributed by atoms with Gasteiger partial charge in [-0.1, -0.05) is 25.7 Å². The van der Waals surface area contributed by atoms with Crippen LogP contribution in [-0.4, -0.2) is 36.5 Å². The van der Waals surface area contributed by atoms with Gasteiger partial charge in [0, 0.05) is 31.6 Å². The summed E-state index contributed by atoms with van der Waals surface area (Å²) in [5, 5.41) is 3.34. The molecular weight excluding hydrogens is 236 g/mol.